The Hall–Kier alpha value is -2.17. The van der Waals surface area contributed by atoms with E-state index in [4.69, 9.17) is 0 Å². The molecule has 0 saturated carbocycles. The monoisotopic (exact) mass is 249 g/mol. The number of hydrogen-bond acceptors (Lipinski definition) is 4. The van der Waals surface area contributed by atoms with E-state index in [0.717, 1.165) is 5.56 Å². The molecule has 1 aromatic rings. The first-order valence-electron chi connectivity index (χ1n) is 5.52. The van der Waals surface area contributed by atoms with Crippen LogP contribution in [0.15, 0.2) is 35.9 Å². The fourth-order valence-corrected chi connectivity index (χ4v) is 1.48. The molecule has 0 aliphatic rings. The largest absolute Gasteiger partial charge is 0.466 e. The number of rotatable bonds is 5. The molecule has 0 saturated heterocycles. The van der Waals surface area contributed by atoms with Crippen molar-refractivity contribution in [2.75, 3.05) is 7.11 Å². The first-order valence-corrected chi connectivity index (χ1v) is 5.52. The van der Waals surface area contributed by atoms with Crippen molar-refractivity contribution in [3.63, 3.8) is 0 Å². The first-order chi connectivity index (χ1) is 8.54. The van der Waals surface area contributed by atoms with Gasteiger partial charge < -0.3 is 4.74 Å². The van der Waals surface area contributed by atoms with Gasteiger partial charge in [-0.1, -0.05) is 30.3 Å². The molecule has 18 heavy (non-hydrogen) atoms. The summed E-state index contributed by atoms with van der Waals surface area (Å²) < 4.78 is 4.64. The van der Waals surface area contributed by atoms with Crippen molar-refractivity contribution in [3.05, 3.63) is 51.6 Å². The molecule has 0 spiro atoms. The second-order valence-electron chi connectivity index (χ2n) is 3.91. The maximum absolute atomic E-state index is 11.6. The normalized spacial score (nSPS) is 12.9. The Kier molecular flexibility index (Phi) is 5.05. The van der Waals surface area contributed by atoms with E-state index in [1.165, 1.54) is 14.0 Å². The van der Waals surface area contributed by atoms with E-state index in [1.807, 2.05) is 30.3 Å². The van der Waals surface area contributed by atoms with Crippen LogP contribution >= 0.6 is 0 Å². The number of carbonyl (C=O) groups is 1. The summed E-state index contributed by atoms with van der Waals surface area (Å²) in [4.78, 5) is 21.8. The lowest BCUT2D eigenvalue weighted by Crippen LogP contribution is -2.19. The minimum atomic E-state index is -0.820. The number of methoxy groups -OCH3 is 1. The molecule has 0 heterocycles. The van der Waals surface area contributed by atoms with Crippen LogP contribution in [0.1, 0.15) is 18.9 Å². The maximum atomic E-state index is 11.6. The molecule has 1 rings (SSSR count). The number of benzene rings is 1. The minimum absolute atomic E-state index is 0.0502. The van der Waals surface area contributed by atoms with Crippen molar-refractivity contribution < 1.29 is 14.5 Å². The van der Waals surface area contributed by atoms with E-state index in [9.17, 15) is 14.9 Å². The van der Waals surface area contributed by atoms with Gasteiger partial charge in [-0.15, -0.1) is 0 Å². The Morgan fingerprint density at radius 1 is 1.44 bits per heavy atom. The molecule has 0 fully saturated rings. The van der Waals surface area contributed by atoms with E-state index in [0.29, 0.717) is 5.57 Å². The van der Waals surface area contributed by atoms with Crippen LogP contribution in [0.5, 0.6) is 0 Å². The van der Waals surface area contributed by atoms with Crippen LogP contribution in [0.4, 0.5) is 0 Å². The van der Waals surface area contributed by atoms with Gasteiger partial charge in [0.2, 0.25) is 6.04 Å². The number of esters is 1. The summed E-state index contributed by atoms with van der Waals surface area (Å²) in [6, 6.07) is 8.34. The summed E-state index contributed by atoms with van der Waals surface area (Å²) >= 11 is 0. The molecular formula is C13H15NO4. The second-order valence-corrected chi connectivity index (χ2v) is 3.91. The van der Waals surface area contributed by atoms with Crippen LogP contribution in [-0.4, -0.2) is 24.0 Å². The summed E-state index contributed by atoms with van der Waals surface area (Å²) in [7, 11) is 1.26. The van der Waals surface area contributed by atoms with Crippen LogP contribution in [0.3, 0.4) is 0 Å². The zero-order valence-corrected chi connectivity index (χ0v) is 10.3. The molecule has 1 unspecified atom stereocenters. The molecule has 0 radical (unpaired) electrons. The number of nitro groups is 1. The zero-order chi connectivity index (χ0) is 13.5. The van der Waals surface area contributed by atoms with Gasteiger partial charge >= 0.3 is 5.97 Å². The molecular weight excluding hydrogens is 234 g/mol. The van der Waals surface area contributed by atoms with Gasteiger partial charge in [0.1, 0.15) is 0 Å². The Morgan fingerprint density at radius 2 is 2.06 bits per heavy atom. The third-order valence-corrected chi connectivity index (χ3v) is 2.46. The molecule has 0 aliphatic carbocycles. The van der Waals surface area contributed by atoms with E-state index in [1.54, 1.807) is 6.08 Å². The summed E-state index contributed by atoms with van der Waals surface area (Å²) in [5.74, 6) is -0.535. The van der Waals surface area contributed by atoms with E-state index >= 15 is 0 Å². The smallest absolute Gasteiger partial charge is 0.334 e. The number of ether oxygens (including phenoxy) is 1. The number of hydrogen-bond donors (Lipinski definition) is 0. The Labute approximate surface area is 105 Å². The third kappa shape index (κ3) is 4.01. The van der Waals surface area contributed by atoms with Crippen molar-refractivity contribution in [2.45, 2.75) is 19.4 Å². The van der Waals surface area contributed by atoms with Gasteiger partial charge in [0.25, 0.3) is 0 Å². The lowest BCUT2D eigenvalue weighted by molar-refractivity contribution is -0.517. The summed E-state index contributed by atoms with van der Waals surface area (Å²) in [5.41, 5.74) is 1.11. The predicted molar refractivity (Wildman–Crippen MR) is 67.5 cm³/mol. The Bertz CT molecular complexity index is 453. The van der Waals surface area contributed by atoms with Crippen molar-refractivity contribution in [1.29, 1.82) is 0 Å². The third-order valence-electron chi connectivity index (χ3n) is 2.46. The van der Waals surface area contributed by atoms with E-state index in [-0.39, 0.29) is 6.42 Å². The number of carbonyl (C=O) groups excluding carboxylic acids is 1. The fourth-order valence-electron chi connectivity index (χ4n) is 1.48. The fraction of sp³-hybridized carbons (Fsp3) is 0.308. The molecule has 5 nitrogen and oxygen atoms in total. The summed E-state index contributed by atoms with van der Waals surface area (Å²) in [5, 5.41) is 10.6. The average Bonchev–Trinajstić information content (AvgIpc) is 2.38. The van der Waals surface area contributed by atoms with Gasteiger partial charge in [-0.25, -0.2) is 4.79 Å². The van der Waals surface area contributed by atoms with Crippen molar-refractivity contribution in [1.82, 2.24) is 0 Å². The van der Waals surface area contributed by atoms with Crippen LogP contribution < -0.4 is 0 Å². The van der Waals surface area contributed by atoms with Crippen molar-refractivity contribution in [3.8, 4) is 0 Å². The van der Waals surface area contributed by atoms with Gasteiger partial charge in [0.05, 0.1) is 7.11 Å². The molecule has 0 bridgehead atoms. The average molecular weight is 249 g/mol. The second kappa shape index (κ2) is 6.54. The lowest BCUT2D eigenvalue weighted by atomic mass is 10.0. The topological polar surface area (TPSA) is 69.4 Å². The standard InChI is InChI=1S/C13H15NO4/c1-10(14(16)17)8-12(13(15)18-2)9-11-6-4-3-5-7-11/h3-7,9-10H,8H2,1-2H3/b12-9+. The van der Waals surface area contributed by atoms with Crippen LogP contribution in [0.2, 0.25) is 0 Å². The predicted octanol–water partition coefficient (Wildman–Crippen LogP) is 2.30. The first kappa shape index (κ1) is 13.9. The maximum Gasteiger partial charge on any atom is 0.334 e. The quantitative estimate of drug-likeness (QED) is 0.347. The summed E-state index contributed by atoms with van der Waals surface area (Å²) in [6.45, 7) is 1.46. The van der Waals surface area contributed by atoms with Crippen LogP contribution in [0.25, 0.3) is 6.08 Å². The highest BCUT2D eigenvalue weighted by atomic mass is 16.6. The van der Waals surface area contributed by atoms with Gasteiger partial charge in [0, 0.05) is 23.8 Å². The molecule has 0 amide bonds. The van der Waals surface area contributed by atoms with E-state index < -0.39 is 16.9 Å². The highest BCUT2D eigenvalue weighted by Gasteiger charge is 2.20. The Balaban J connectivity index is 2.95. The molecule has 1 aromatic carbocycles. The molecule has 5 heteroatoms. The molecule has 0 N–H and O–H groups in total. The van der Waals surface area contributed by atoms with Crippen molar-refractivity contribution >= 4 is 12.0 Å². The number of nitrogens with zero attached hydrogens (tertiary/aromatic N) is 1. The lowest BCUT2D eigenvalue weighted by Gasteiger charge is -2.07. The zero-order valence-electron chi connectivity index (χ0n) is 10.3. The van der Waals surface area contributed by atoms with E-state index in [2.05, 4.69) is 4.74 Å². The molecule has 1 atom stereocenters. The van der Waals surface area contributed by atoms with Gasteiger partial charge in [-0.3, -0.25) is 10.1 Å². The molecule has 0 aromatic heterocycles. The van der Waals surface area contributed by atoms with Gasteiger partial charge in [-0.05, 0) is 11.6 Å². The van der Waals surface area contributed by atoms with Crippen molar-refractivity contribution in [2.24, 2.45) is 0 Å². The Morgan fingerprint density at radius 3 is 2.56 bits per heavy atom. The van der Waals surface area contributed by atoms with Crippen LogP contribution in [0, 0.1) is 10.1 Å². The van der Waals surface area contributed by atoms with Gasteiger partial charge in [0.15, 0.2) is 0 Å². The highest BCUT2D eigenvalue weighted by Crippen LogP contribution is 2.14. The molecule has 0 aliphatic heterocycles. The highest BCUT2D eigenvalue weighted by molar-refractivity contribution is 5.93. The SMILES string of the molecule is COC(=O)/C(=C/c1ccccc1)CC(C)[N+](=O)[O-]. The minimum Gasteiger partial charge on any atom is -0.466 e. The summed E-state index contributed by atoms with van der Waals surface area (Å²) in [6.07, 6.45) is 1.67. The van der Waals surface area contributed by atoms with Gasteiger partial charge in [-0.2, -0.15) is 0 Å². The molecule has 96 valence electrons. The van der Waals surface area contributed by atoms with Crippen LogP contribution in [-0.2, 0) is 9.53 Å².